The number of nitrogens with zero attached hydrogens (tertiary/aromatic N) is 12. The van der Waals surface area contributed by atoms with Crippen LogP contribution in [0.3, 0.4) is 0 Å². The van der Waals surface area contributed by atoms with Gasteiger partial charge in [0.2, 0.25) is 0 Å². The molecule has 12 nitrogen and oxygen atoms in total. The van der Waals surface area contributed by atoms with Crippen LogP contribution in [-0.2, 0) is 6.18 Å². The third kappa shape index (κ3) is 7.01. The van der Waals surface area contributed by atoms with E-state index in [0.29, 0.717) is 62.3 Å². The van der Waals surface area contributed by atoms with Crippen molar-refractivity contribution in [3.63, 3.8) is 0 Å². The Labute approximate surface area is 395 Å². The van der Waals surface area contributed by atoms with Gasteiger partial charge in [-0.1, -0.05) is 0 Å². The molecule has 6 aromatic heterocycles. The van der Waals surface area contributed by atoms with Crippen molar-refractivity contribution in [3.8, 4) is 74.1 Å². The molecule has 0 aliphatic rings. The molecule has 0 atom stereocenters. The minimum absolute atomic E-state index is 0.133. The number of aromatic nitrogens is 10. The molecule has 0 amide bonds. The van der Waals surface area contributed by atoms with Gasteiger partial charge in [-0.05, 0) is 139 Å². The Balaban J connectivity index is 1.20. The highest BCUT2D eigenvalue weighted by Gasteiger charge is 2.32. The molecule has 15 heteroatoms. The number of alkyl halides is 3. The molecule has 0 aliphatic heterocycles. The zero-order valence-electron chi connectivity index (χ0n) is 36.2. The van der Waals surface area contributed by atoms with Gasteiger partial charge in [0.25, 0.3) is 0 Å². The lowest BCUT2D eigenvalue weighted by atomic mass is 9.97. The molecule has 0 N–H and O–H groups in total. The Morgan fingerprint density at radius 3 is 1.06 bits per heavy atom. The number of nitriles is 1. The average Bonchev–Trinajstić information content (AvgIpc) is 3.92. The summed E-state index contributed by atoms with van der Waals surface area (Å²) in [7, 11) is 0. The average molecular weight is 915 g/mol. The van der Waals surface area contributed by atoms with Crippen LogP contribution in [0.4, 0.5) is 18.9 Å². The van der Waals surface area contributed by atoms with Crippen molar-refractivity contribution in [3.05, 3.63) is 200 Å². The molecule has 70 heavy (non-hydrogen) atoms. The van der Waals surface area contributed by atoms with Crippen LogP contribution < -0.4 is 0 Å². The highest BCUT2D eigenvalue weighted by molar-refractivity contribution is 6.13. The summed E-state index contributed by atoms with van der Waals surface area (Å²) >= 11 is 0. The molecule has 12 rings (SSSR count). The molecule has 0 saturated carbocycles. The van der Waals surface area contributed by atoms with E-state index in [1.165, 1.54) is 6.07 Å². The first-order valence-electron chi connectivity index (χ1n) is 21.7. The monoisotopic (exact) mass is 914 g/mol. The Bertz CT molecular complexity index is 3710. The quantitative estimate of drug-likeness (QED) is 0.143. The van der Waals surface area contributed by atoms with Crippen molar-refractivity contribution < 1.29 is 13.2 Å². The fraction of sp³-hybridized carbons (Fsp3) is 0.0182. The van der Waals surface area contributed by atoms with Crippen LogP contribution in [0.2, 0.25) is 0 Å². The van der Waals surface area contributed by atoms with Crippen molar-refractivity contribution in [1.82, 2.24) is 49.0 Å². The second-order valence-corrected chi connectivity index (χ2v) is 16.3. The van der Waals surface area contributed by atoms with Crippen molar-refractivity contribution in [2.45, 2.75) is 6.18 Å². The summed E-state index contributed by atoms with van der Waals surface area (Å²) < 4.78 is 47.9. The fourth-order valence-electron chi connectivity index (χ4n) is 9.17. The number of hydrogen-bond donors (Lipinski definition) is 0. The Morgan fingerprint density at radius 2 is 0.757 bits per heavy atom. The van der Waals surface area contributed by atoms with Crippen LogP contribution in [0.5, 0.6) is 0 Å². The normalized spacial score (nSPS) is 11.6. The molecule has 0 saturated heterocycles. The molecular weight excluding hydrogens is 886 g/mol. The third-order valence-corrected chi connectivity index (χ3v) is 12.2. The van der Waals surface area contributed by atoms with E-state index in [0.717, 1.165) is 55.9 Å². The molecule has 6 heterocycles. The summed E-state index contributed by atoms with van der Waals surface area (Å²) in [4.78, 5) is 39.6. The van der Waals surface area contributed by atoms with Gasteiger partial charge in [-0.2, -0.15) is 18.4 Å². The standard InChI is InChI=1S/C55H29F3N12/c1-60-39-23-36(22-38(30-39)55(56,57)58)37-28-49(69-45-10-6-32(51-61-14-2-15-62-51)24-40(45)41-25-33(7-11-46(41)69)52-63-16-3-17-64-52)44(31-59)50(29-37)70-47-12-8-34(53-65-18-4-19-66-53)26-42(47)43-27-35(9-13-48(43)70)54-67-20-5-21-68-54/h2-30H. The molecule has 6 aromatic carbocycles. The van der Waals surface area contributed by atoms with E-state index in [9.17, 15) is 18.4 Å². The number of benzene rings is 6. The molecule has 0 unspecified atom stereocenters. The number of fused-ring (bicyclic) bond motifs is 6. The van der Waals surface area contributed by atoms with E-state index >= 15 is 0 Å². The highest BCUT2D eigenvalue weighted by atomic mass is 19.4. The molecular formula is C55H29F3N12. The molecule has 330 valence electrons. The van der Waals surface area contributed by atoms with Gasteiger partial charge < -0.3 is 9.13 Å². The zero-order valence-corrected chi connectivity index (χ0v) is 36.2. The van der Waals surface area contributed by atoms with E-state index in [-0.39, 0.29) is 16.8 Å². The second-order valence-electron chi connectivity index (χ2n) is 16.3. The van der Waals surface area contributed by atoms with Gasteiger partial charge in [-0.15, -0.1) is 0 Å². The largest absolute Gasteiger partial charge is 0.415 e. The van der Waals surface area contributed by atoms with Gasteiger partial charge in [0.15, 0.2) is 29.0 Å². The minimum atomic E-state index is -4.76. The summed E-state index contributed by atoms with van der Waals surface area (Å²) in [5, 5.41) is 14.8. The fourth-order valence-corrected chi connectivity index (χ4v) is 9.17. The van der Waals surface area contributed by atoms with Crippen LogP contribution in [0.25, 0.3) is 117 Å². The van der Waals surface area contributed by atoms with Crippen molar-refractivity contribution in [2.75, 3.05) is 0 Å². The molecule has 12 aromatic rings. The first-order chi connectivity index (χ1) is 34.2. The summed E-state index contributed by atoms with van der Waals surface area (Å²) in [6.07, 6.45) is 8.59. The molecule has 0 fully saturated rings. The van der Waals surface area contributed by atoms with Gasteiger partial charge in [0.1, 0.15) is 11.6 Å². The first-order valence-corrected chi connectivity index (χ1v) is 21.7. The smallest absolute Gasteiger partial charge is 0.308 e. The van der Waals surface area contributed by atoms with Gasteiger partial charge >= 0.3 is 6.18 Å². The highest BCUT2D eigenvalue weighted by Crippen LogP contribution is 2.44. The maximum atomic E-state index is 14.7. The van der Waals surface area contributed by atoms with E-state index in [2.05, 4.69) is 50.8 Å². The maximum absolute atomic E-state index is 14.7. The zero-order chi connectivity index (χ0) is 47.5. The lowest BCUT2D eigenvalue weighted by molar-refractivity contribution is -0.137. The van der Waals surface area contributed by atoms with Gasteiger partial charge in [0, 0.05) is 98.9 Å². The first kappa shape index (κ1) is 41.4. The number of halogens is 3. The SMILES string of the molecule is [C-]#[N+]c1cc(-c2cc(-n3c4ccc(-c5ncccn5)cc4c4cc(-c5ncccn5)ccc43)c(C#N)c(-n3c4ccc(-c5ncccn5)cc4c4cc(-c5ncccn5)ccc43)c2)cc(C(F)(F)F)c1. The van der Waals surface area contributed by atoms with Crippen LogP contribution in [0, 0.1) is 17.9 Å². The Morgan fingerprint density at radius 1 is 0.429 bits per heavy atom. The van der Waals surface area contributed by atoms with Crippen LogP contribution >= 0.6 is 0 Å². The summed E-state index contributed by atoms with van der Waals surface area (Å²) in [5.74, 6) is 2.02. The van der Waals surface area contributed by atoms with E-state index in [4.69, 9.17) is 6.57 Å². The predicted molar refractivity (Wildman–Crippen MR) is 261 cm³/mol. The summed E-state index contributed by atoms with van der Waals surface area (Å²) in [6.45, 7) is 7.83. The lowest BCUT2D eigenvalue weighted by Crippen LogP contribution is -2.06. The second kappa shape index (κ2) is 16.4. The summed E-state index contributed by atoms with van der Waals surface area (Å²) in [5.41, 5.74) is 5.99. The topological polar surface area (TPSA) is 141 Å². The molecule has 0 bridgehead atoms. The van der Waals surface area contributed by atoms with Crippen LogP contribution in [0.15, 0.2) is 177 Å². The van der Waals surface area contributed by atoms with Crippen molar-refractivity contribution >= 4 is 49.3 Å². The number of hydrogen-bond acceptors (Lipinski definition) is 9. The predicted octanol–water partition coefficient (Wildman–Crippen LogP) is 12.8. The van der Waals surface area contributed by atoms with Crippen molar-refractivity contribution in [1.29, 1.82) is 5.26 Å². The van der Waals surface area contributed by atoms with Gasteiger partial charge in [-0.25, -0.2) is 44.7 Å². The van der Waals surface area contributed by atoms with Gasteiger partial charge in [0.05, 0.1) is 40.0 Å². The number of rotatable bonds is 7. The Hall–Kier alpha value is -9.99. The van der Waals surface area contributed by atoms with E-state index < -0.39 is 11.7 Å². The van der Waals surface area contributed by atoms with Crippen molar-refractivity contribution in [2.24, 2.45) is 0 Å². The molecule has 0 spiro atoms. The molecule has 0 aliphatic carbocycles. The third-order valence-electron chi connectivity index (χ3n) is 12.2. The van der Waals surface area contributed by atoms with Gasteiger partial charge in [-0.3, -0.25) is 0 Å². The van der Waals surface area contributed by atoms with E-state index in [1.54, 1.807) is 86.0 Å². The maximum Gasteiger partial charge on any atom is 0.415 e. The Kier molecular flexibility index (Phi) is 9.71. The van der Waals surface area contributed by atoms with E-state index in [1.807, 2.05) is 81.9 Å². The lowest BCUT2D eigenvalue weighted by Gasteiger charge is -2.19. The van der Waals surface area contributed by atoms with Crippen LogP contribution in [0.1, 0.15) is 11.1 Å². The minimum Gasteiger partial charge on any atom is -0.308 e. The molecule has 0 radical (unpaired) electrons. The summed E-state index contributed by atoms with van der Waals surface area (Å²) in [6, 6.07) is 39.5. The van der Waals surface area contributed by atoms with Crippen LogP contribution in [-0.4, -0.2) is 49.0 Å².